The summed E-state index contributed by atoms with van der Waals surface area (Å²) >= 11 is 3.20. The van der Waals surface area contributed by atoms with E-state index in [1.807, 2.05) is 48.5 Å². The van der Waals surface area contributed by atoms with E-state index < -0.39 is 0 Å². The summed E-state index contributed by atoms with van der Waals surface area (Å²) in [6.45, 7) is 0.662. The summed E-state index contributed by atoms with van der Waals surface area (Å²) in [7, 11) is 0. The van der Waals surface area contributed by atoms with Gasteiger partial charge in [0.05, 0.1) is 10.8 Å². The van der Waals surface area contributed by atoms with Crippen molar-refractivity contribution in [2.24, 2.45) is 0 Å². The fourth-order valence-electron chi connectivity index (χ4n) is 1.50. The van der Waals surface area contributed by atoms with E-state index in [1.165, 1.54) is 0 Å². The molecule has 0 bridgehead atoms. The van der Waals surface area contributed by atoms with Crippen molar-refractivity contribution < 1.29 is 4.79 Å². The Hall–Kier alpha value is -1.46. The first-order valence-electron chi connectivity index (χ1n) is 6.33. The quantitative estimate of drug-likeness (QED) is 0.630. The Bertz CT molecular complexity index is 520. The lowest BCUT2D eigenvalue weighted by Gasteiger charge is -2.05. The van der Waals surface area contributed by atoms with E-state index in [4.69, 9.17) is 0 Å². The van der Waals surface area contributed by atoms with Gasteiger partial charge in [-0.15, -0.1) is 23.5 Å². The van der Waals surface area contributed by atoms with Crippen LogP contribution in [0.15, 0.2) is 64.6 Å². The zero-order valence-electron chi connectivity index (χ0n) is 11.0. The zero-order valence-corrected chi connectivity index (χ0v) is 12.6. The summed E-state index contributed by atoms with van der Waals surface area (Å²) < 4.78 is 0. The zero-order chi connectivity index (χ0) is 14.0. The molecule has 2 rings (SSSR count). The van der Waals surface area contributed by atoms with E-state index >= 15 is 0 Å². The van der Waals surface area contributed by atoms with Crippen LogP contribution in [0.3, 0.4) is 0 Å². The smallest absolute Gasteiger partial charge is 0.230 e. The number of rotatable bonds is 7. The van der Waals surface area contributed by atoms with Crippen molar-refractivity contribution in [1.82, 2.24) is 10.3 Å². The largest absolute Gasteiger partial charge is 0.355 e. The molecule has 0 saturated carbocycles. The summed E-state index contributed by atoms with van der Waals surface area (Å²) in [5.74, 6) is 1.36. The molecule has 0 aliphatic rings. The van der Waals surface area contributed by atoms with Crippen LogP contribution in [-0.2, 0) is 4.79 Å². The lowest BCUT2D eigenvalue weighted by atomic mass is 10.4. The minimum absolute atomic E-state index is 0.0699. The Labute approximate surface area is 127 Å². The Morgan fingerprint density at radius 1 is 1.05 bits per heavy atom. The van der Waals surface area contributed by atoms with E-state index in [1.54, 1.807) is 29.7 Å². The minimum atomic E-state index is 0.0699. The molecule has 0 spiro atoms. The first-order chi connectivity index (χ1) is 9.84. The number of benzene rings is 1. The fraction of sp³-hybridized carbons (Fsp3) is 0.200. The maximum Gasteiger partial charge on any atom is 0.230 e. The van der Waals surface area contributed by atoms with E-state index in [2.05, 4.69) is 10.3 Å². The van der Waals surface area contributed by atoms with Crippen LogP contribution in [0, 0.1) is 0 Å². The lowest BCUT2D eigenvalue weighted by molar-refractivity contribution is -0.118. The highest BCUT2D eigenvalue weighted by Gasteiger charge is 2.02. The van der Waals surface area contributed by atoms with Crippen LogP contribution in [0.5, 0.6) is 0 Å². The fourth-order valence-corrected chi connectivity index (χ4v) is 2.97. The number of hydrogen-bond donors (Lipinski definition) is 1. The molecule has 1 N–H and O–H groups in total. The second kappa shape index (κ2) is 8.66. The van der Waals surface area contributed by atoms with Crippen molar-refractivity contribution in [3.63, 3.8) is 0 Å². The standard InChI is InChI=1S/C15H16N2OS2/c18-14(12-20-13-6-2-1-3-7-13)16-10-11-19-15-8-4-5-9-17-15/h1-9H,10-12H2,(H,16,18). The number of carbonyl (C=O) groups excluding carboxylic acids is 1. The monoisotopic (exact) mass is 304 g/mol. The third-order valence-corrected chi connectivity index (χ3v) is 4.38. The average Bonchev–Trinajstić information content (AvgIpc) is 2.52. The van der Waals surface area contributed by atoms with Crippen LogP contribution >= 0.6 is 23.5 Å². The predicted octanol–water partition coefficient (Wildman–Crippen LogP) is 3.08. The molecule has 3 nitrogen and oxygen atoms in total. The number of carbonyl (C=O) groups is 1. The number of nitrogens with zero attached hydrogens (tertiary/aromatic N) is 1. The minimum Gasteiger partial charge on any atom is -0.355 e. The number of nitrogens with one attached hydrogen (secondary N) is 1. The lowest BCUT2D eigenvalue weighted by Crippen LogP contribution is -2.27. The highest BCUT2D eigenvalue weighted by atomic mass is 32.2. The molecule has 2 aromatic rings. The van der Waals surface area contributed by atoms with Gasteiger partial charge in [0.2, 0.25) is 5.91 Å². The number of amides is 1. The molecule has 104 valence electrons. The maximum absolute atomic E-state index is 11.7. The Morgan fingerprint density at radius 3 is 2.60 bits per heavy atom. The van der Waals surface area contributed by atoms with Crippen LogP contribution in [0.4, 0.5) is 0 Å². The number of aromatic nitrogens is 1. The molecule has 0 aliphatic heterocycles. The molecule has 1 aromatic carbocycles. The number of pyridine rings is 1. The molecule has 0 saturated heterocycles. The molecular weight excluding hydrogens is 288 g/mol. The molecule has 1 aromatic heterocycles. The summed E-state index contributed by atoms with van der Waals surface area (Å²) in [6, 6.07) is 15.8. The van der Waals surface area contributed by atoms with Crippen molar-refractivity contribution in [3.05, 3.63) is 54.7 Å². The molecule has 0 fully saturated rings. The summed E-state index contributed by atoms with van der Waals surface area (Å²) in [4.78, 5) is 17.0. The highest BCUT2D eigenvalue weighted by molar-refractivity contribution is 8.00. The van der Waals surface area contributed by atoms with E-state index in [0.717, 1.165) is 15.7 Å². The van der Waals surface area contributed by atoms with Gasteiger partial charge >= 0.3 is 0 Å². The summed E-state index contributed by atoms with van der Waals surface area (Å²) in [5.41, 5.74) is 0. The van der Waals surface area contributed by atoms with Gasteiger partial charge in [-0.2, -0.15) is 0 Å². The summed E-state index contributed by atoms with van der Waals surface area (Å²) in [5, 5.41) is 3.90. The van der Waals surface area contributed by atoms with Crippen LogP contribution < -0.4 is 5.32 Å². The average molecular weight is 304 g/mol. The molecule has 1 heterocycles. The van der Waals surface area contributed by atoms with Crippen LogP contribution in [0.25, 0.3) is 0 Å². The third-order valence-electron chi connectivity index (χ3n) is 2.43. The molecule has 1 amide bonds. The SMILES string of the molecule is O=C(CSc1ccccc1)NCCSc1ccccn1. The number of hydrogen-bond acceptors (Lipinski definition) is 4. The van der Waals surface area contributed by atoms with Crippen molar-refractivity contribution >= 4 is 29.4 Å². The van der Waals surface area contributed by atoms with Crippen molar-refractivity contribution in [1.29, 1.82) is 0 Å². The van der Waals surface area contributed by atoms with E-state index in [0.29, 0.717) is 12.3 Å². The Balaban J connectivity index is 1.59. The maximum atomic E-state index is 11.7. The van der Waals surface area contributed by atoms with Crippen LogP contribution in [0.1, 0.15) is 0 Å². The second-order valence-corrected chi connectivity index (χ2v) is 6.13. The van der Waals surface area contributed by atoms with Gasteiger partial charge in [0.25, 0.3) is 0 Å². The Kier molecular flexibility index (Phi) is 6.47. The molecule has 0 aliphatic carbocycles. The van der Waals surface area contributed by atoms with Gasteiger partial charge < -0.3 is 5.32 Å². The molecule has 20 heavy (non-hydrogen) atoms. The van der Waals surface area contributed by atoms with Gasteiger partial charge in [-0.1, -0.05) is 24.3 Å². The van der Waals surface area contributed by atoms with Gasteiger partial charge in [-0.3, -0.25) is 4.79 Å². The first-order valence-corrected chi connectivity index (χ1v) is 8.30. The summed E-state index contributed by atoms with van der Waals surface area (Å²) in [6.07, 6.45) is 1.78. The third kappa shape index (κ3) is 5.67. The number of thioether (sulfide) groups is 2. The highest BCUT2D eigenvalue weighted by Crippen LogP contribution is 2.16. The molecule has 0 unspecified atom stereocenters. The van der Waals surface area contributed by atoms with Crippen molar-refractivity contribution in [2.45, 2.75) is 9.92 Å². The van der Waals surface area contributed by atoms with Gasteiger partial charge in [0, 0.05) is 23.4 Å². The van der Waals surface area contributed by atoms with Crippen LogP contribution in [-0.4, -0.2) is 28.9 Å². The molecular formula is C15H16N2OS2. The van der Waals surface area contributed by atoms with Crippen molar-refractivity contribution in [2.75, 3.05) is 18.1 Å². The normalized spacial score (nSPS) is 10.2. The van der Waals surface area contributed by atoms with E-state index in [9.17, 15) is 4.79 Å². The predicted molar refractivity (Wildman–Crippen MR) is 85.1 cm³/mol. The molecule has 5 heteroatoms. The Morgan fingerprint density at radius 2 is 1.85 bits per heavy atom. The topological polar surface area (TPSA) is 42.0 Å². The van der Waals surface area contributed by atoms with Crippen LogP contribution in [0.2, 0.25) is 0 Å². The van der Waals surface area contributed by atoms with Gasteiger partial charge in [0.1, 0.15) is 0 Å². The molecule has 0 atom stereocenters. The van der Waals surface area contributed by atoms with Gasteiger partial charge in [-0.05, 0) is 24.3 Å². The van der Waals surface area contributed by atoms with Gasteiger partial charge in [0.15, 0.2) is 0 Å². The van der Waals surface area contributed by atoms with Crippen molar-refractivity contribution in [3.8, 4) is 0 Å². The first kappa shape index (κ1) is 14.9. The molecule has 0 radical (unpaired) electrons. The second-order valence-electron chi connectivity index (χ2n) is 3.97. The van der Waals surface area contributed by atoms with Gasteiger partial charge in [-0.25, -0.2) is 4.98 Å². The van der Waals surface area contributed by atoms with E-state index in [-0.39, 0.29) is 5.91 Å².